The van der Waals surface area contributed by atoms with Gasteiger partial charge in [-0.3, -0.25) is 19.7 Å². The van der Waals surface area contributed by atoms with Gasteiger partial charge < -0.3 is 21.1 Å². The maximum Gasteiger partial charge on any atom is 0.225 e. The van der Waals surface area contributed by atoms with Crippen molar-refractivity contribution < 1.29 is 9.53 Å². The third-order valence-electron chi connectivity index (χ3n) is 7.59. The van der Waals surface area contributed by atoms with Gasteiger partial charge in [-0.1, -0.05) is 24.3 Å². The summed E-state index contributed by atoms with van der Waals surface area (Å²) < 4.78 is 5.93. The Balaban J connectivity index is 1.46. The largest absolute Gasteiger partial charge is 0.490 e. The van der Waals surface area contributed by atoms with Gasteiger partial charge in [0, 0.05) is 51.4 Å². The Morgan fingerprint density at radius 1 is 1.12 bits per heavy atom. The van der Waals surface area contributed by atoms with Crippen LogP contribution in [0.4, 0.5) is 17.1 Å². The number of ether oxygens (including phenoxy) is 1. The quantitative estimate of drug-likeness (QED) is 0.263. The molecule has 0 saturated heterocycles. The number of fused-ring (bicyclic) bond motifs is 1. The van der Waals surface area contributed by atoms with E-state index < -0.39 is 0 Å². The van der Waals surface area contributed by atoms with Crippen molar-refractivity contribution in [3.8, 4) is 5.75 Å². The highest BCUT2D eigenvalue weighted by molar-refractivity contribution is 5.91. The molecule has 0 bridgehead atoms. The highest BCUT2D eigenvalue weighted by Crippen LogP contribution is 2.36. The molecule has 8 nitrogen and oxygen atoms in total. The third kappa shape index (κ3) is 6.07. The minimum absolute atomic E-state index is 0.0804. The summed E-state index contributed by atoms with van der Waals surface area (Å²) in [5, 5.41) is 6.16. The summed E-state index contributed by atoms with van der Waals surface area (Å²) in [4.78, 5) is 24.3. The molecule has 4 N–H and O–H groups in total. The molecule has 1 aliphatic heterocycles. The molecule has 4 aromatic rings. The molecule has 0 saturated carbocycles. The molecule has 0 fully saturated rings. The normalized spacial score (nSPS) is 14.0. The first-order valence-electron chi connectivity index (χ1n) is 13.6. The Bertz CT molecular complexity index is 1490. The van der Waals surface area contributed by atoms with Gasteiger partial charge in [0.15, 0.2) is 0 Å². The fourth-order valence-electron chi connectivity index (χ4n) is 5.29. The number of hydrogen-bond acceptors (Lipinski definition) is 7. The number of nitrogen functional groups attached to an aromatic ring is 1. The molecule has 5 rings (SSSR count). The fraction of sp³-hybridized carbons (Fsp3) is 0.281. The van der Waals surface area contributed by atoms with Gasteiger partial charge in [0.2, 0.25) is 5.91 Å². The van der Waals surface area contributed by atoms with E-state index >= 15 is 0 Å². The number of aryl methyl sites for hydroxylation is 1. The summed E-state index contributed by atoms with van der Waals surface area (Å²) in [5.74, 6) is 0.593. The van der Waals surface area contributed by atoms with Crippen molar-refractivity contribution in [2.75, 3.05) is 36.6 Å². The van der Waals surface area contributed by atoms with Crippen LogP contribution >= 0.6 is 0 Å². The molecule has 40 heavy (non-hydrogen) atoms. The Morgan fingerprint density at radius 3 is 2.77 bits per heavy atom. The van der Waals surface area contributed by atoms with E-state index in [0.29, 0.717) is 18.0 Å². The molecule has 2 aromatic heterocycles. The molecule has 0 aliphatic carbocycles. The number of hydrogen-bond donors (Lipinski definition) is 3. The predicted molar refractivity (Wildman–Crippen MR) is 159 cm³/mol. The minimum Gasteiger partial charge on any atom is -0.490 e. The Labute approximate surface area is 235 Å². The molecule has 1 aliphatic rings. The second kappa shape index (κ2) is 12.2. The molecule has 0 radical (unpaired) electrons. The predicted octanol–water partition coefficient (Wildman–Crippen LogP) is 5.27. The van der Waals surface area contributed by atoms with Crippen LogP contribution in [-0.4, -0.2) is 41.0 Å². The van der Waals surface area contributed by atoms with E-state index in [1.165, 1.54) is 11.1 Å². The van der Waals surface area contributed by atoms with Crippen molar-refractivity contribution in [1.29, 1.82) is 0 Å². The van der Waals surface area contributed by atoms with Gasteiger partial charge in [-0.05, 0) is 72.0 Å². The number of pyridine rings is 2. The van der Waals surface area contributed by atoms with Crippen LogP contribution in [0.2, 0.25) is 0 Å². The van der Waals surface area contributed by atoms with Gasteiger partial charge in [-0.2, -0.15) is 0 Å². The van der Waals surface area contributed by atoms with Crippen LogP contribution in [0.25, 0.3) is 0 Å². The molecule has 206 valence electrons. The lowest BCUT2D eigenvalue weighted by Gasteiger charge is -2.25. The van der Waals surface area contributed by atoms with E-state index in [9.17, 15) is 4.79 Å². The fourth-order valence-corrected chi connectivity index (χ4v) is 5.29. The van der Waals surface area contributed by atoms with Gasteiger partial charge in [-0.15, -0.1) is 0 Å². The van der Waals surface area contributed by atoms with E-state index in [1.807, 2.05) is 50.5 Å². The number of benzene rings is 2. The summed E-state index contributed by atoms with van der Waals surface area (Å²) in [6.45, 7) is 7.05. The van der Waals surface area contributed by atoms with E-state index in [0.717, 1.165) is 53.5 Å². The molecule has 0 spiro atoms. The zero-order valence-corrected chi connectivity index (χ0v) is 23.3. The van der Waals surface area contributed by atoms with Crippen molar-refractivity contribution in [3.05, 3.63) is 107 Å². The van der Waals surface area contributed by atoms with Crippen LogP contribution in [0.1, 0.15) is 45.8 Å². The summed E-state index contributed by atoms with van der Waals surface area (Å²) >= 11 is 0. The monoisotopic (exact) mass is 536 g/mol. The summed E-state index contributed by atoms with van der Waals surface area (Å²) in [5.41, 5.74) is 15.2. The molecular formula is C32H36N6O2. The minimum atomic E-state index is -0.181. The number of anilines is 3. The second-order valence-electron chi connectivity index (χ2n) is 10.2. The van der Waals surface area contributed by atoms with Crippen molar-refractivity contribution in [2.45, 2.75) is 39.3 Å². The first-order valence-corrected chi connectivity index (χ1v) is 13.6. The topological polar surface area (TPSA) is 105 Å². The van der Waals surface area contributed by atoms with Crippen molar-refractivity contribution >= 4 is 23.0 Å². The first-order chi connectivity index (χ1) is 19.4. The van der Waals surface area contributed by atoms with Crippen LogP contribution in [-0.2, 0) is 17.9 Å². The Kier molecular flexibility index (Phi) is 8.26. The Morgan fingerprint density at radius 2 is 1.98 bits per heavy atom. The summed E-state index contributed by atoms with van der Waals surface area (Å²) in [6.07, 6.45) is 5.42. The molecule has 8 heteroatoms. The van der Waals surface area contributed by atoms with Gasteiger partial charge in [-0.25, -0.2) is 0 Å². The molecule has 3 heterocycles. The number of amides is 1. The lowest BCUT2D eigenvalue weighted by atomic mass is 9.83. The number of nitrogens with two attached hydrogens (primary N) is 1. The van der Waals surface area contributed by atoms with Gasteiger partial charge in [0.05, 0.1) is 29.0 Å². The molecular weight excluding hydrogens is 500 g/mol. The smallest absolute Gasteiger partial charge is 0.225 e. The first kappa shape index (κ1) is 27.1. The van der Waals surface area contributed by atoms with E-state index in [-0.39, 0.29) is 18.2 Å². The Hall–Kier alpha value is -4.43. The van der Waals surface area contributed by atoms with Gasteiger partial charge >= 0.3 is 0 Å². The average molecular weight is 537 g/mol. The van der Waals surface area contributed by atoms with Gasteiger partial charge in [0.25, 0.3) is 0 Å². The molecule has 2 aromatic carbocycles. The SMILES string of the molecule is CNc1ccc(C(CC(=O)Nc2cccnc2)c2ccc(C)c(CN3CCOc4cccnc4C3)c2)c(C)c1N. The lowest BCUT2D eigenvalue weighted by Crippen LogP contribution is -2.26. The van der Waals surface area contributed by atoms with Crippen LogP contribution in [0.3, 0.4) is 0 Å². The standard InChI is InChI=1S/C32H36N6O2/c1-21-8-9-23(16-24(21)19-38-14-15-40-30-7-5-13-36-29(30)20-38)27(17-31(39)37-25-6-4-12-35-18-25)26-10-11-28(34-3)32(33)22(26)2/h4-13,16,18,27,34H,14-15,17,19-20,33H2,1-3H3,(H,37,39). The third-order valence-corrected chi connectivity index (χ3v) is 7.59. The van der Waals surface area contributed by atoms with E-state index in [2.05, 4.69) is 56.7 Å². The summed E-state index contributed by atoms with van der Waals surface area (Å²) in [7, 11) is 1.86. The average Bonchev–Trinajstić information content (AvgIpc) is 3.17. The van der Waals surface area contributed by atoms with Crippen molar-refractivity contribution in [2.24, 2.45) is 0 Å². The number of carbonyl (C=O) groups excluding carboxylic acids is 1. The zero-order chi connectivity index (χ0) is 28.1. The van der Waals surface area contributed by atoms with Gasteiger partial charge in [0.1, 0.15) is 12.4 Å². The zero-order valence-electron chi connectivity index (χ0n) is 23.3. The number of aromatic nitrogens is 2. The maximum atomic E-state index is 13.3. The highest BCUT2D eigenvalue weighted by Gasteiger charge is 2.24. The number of carbonyl (C=O) groups is 1. The van der Waals surface area contributed by atoms with Crippen molar-refractivity contribution in [1.82, 2.24) is 14.9 Å². The number of nitrogens with zero attached hydrogens (tertiary/aromatic N) is 3. The maximum absolute atomic E-state index is 13.3. The second-order valence-corrected chi connectivity index (χ2v) is 10.2. The number of rotatable bonds is 8. The molecule has 1 unspecified atom stereocenters. The van der Waals surface area contributed by atoms with Crippen LogP contribution in [0, 0.1) is 13.8 Å². The van der Waals surface area contributed by atoms with Crippen molar-refractivity contribution in [3.63, 3.8) is 0 Å². The highest BCUT2D eigenvalue weighted by atomic mass is 16.5. The molecule has 1 amide bonds. The van der Waals surface area contributed by atoms with Crippen LogP contribution < -0.4 is 21.1 Å². The number of nitrogens with one attached hydrogen (secondary N) is 2. The molecule has 1 atom stereocenters. The van der Waals surface area contributed by atoms with E-state index in [4.69, 9.17) is 10.5 Å². The van der Waals surface area contributed by atoms with E-state index in [1.54, 1.807) is 12.4 Å². The summed E-state index contributed by atoms with van der Waals surface area (Å²) in [6, 6.07) is 18.1. The van der Waals surface area contributed by atoms with Crippen LogP contribution in [0.15, 0.2) is 73.2 Å². The lowest BCUT2D eigenvalue weighted by molar-refractivity contribution is -0.116. The van der Waals surface area contributed by atoms with Crippen LogP contribution in [0.5, 0.6) is 5.75 Å².